The van der Waals surface area contributed by atoms with E-state index in [1.54, 1.807) is 47.5 Å². The summed E-state index contributed by atoms with van der Waals surface area (Å²) in [6.45, 7) is 13.9. The number of carbonyl (C=O) groups is 6. The van der Waals surface area contributed by atoms with Crippen LogP contribution >= 0.6 is 0 Å². The average Bonchev–Trinajstić information content (AvgIpc) is 4.11. The predicted molar refractivity (Wildman–Crippen MR) is 315 cm³/mol. The summed E-state index contributed by atoms with van der Waals surface area (Å²) in [6.07, 6.45) is 5.20. The topological polar surface area (TPSA) is 243 Å². The van der Waals surface area contributed by atoms with Crippen LogP contribution in [0, 0.1) is 5.41 Å². The normalized spacial score (nSPS) is 16.0. The molecule has 0 aliphatic carbocycles. The van der Waals surface area contributed by atoms with E-state index >= 15 is 0 Å². The van der Waals surface area contributed by atoms with Crippen LogP contribution < -0.4 is 60.8 Å². The first-order valence-electron chi connectivity index (χ1n) is 27.7. The first-order chi connectivity index (χ1) is 39.4. The van der Waals surface area contributed by atoms with Crippen molar-refractivity contribution in [1.82, 2.24) is 21.4 Å². The van der Waals surface area contributed by atoms with Gasteiger partial charge in [-0.1, -0.05) is 50.2 Å². The molecule has 0 aromatic heterocycles. The fourth-order valence-electron chi connectivity index (χ4n) is 10.6. The number of hydrogen-bond acceptors (Lipinski definition) is 14. The summed E-state index contributed by atoms with van der Waals surface area (Å²) in [5.74, 6) is -0.531. The highest BCUT2D eigenvalue weighted by Crippen LogP contribution is 2.43. The summed E-state index contributed by atoms with van der Waals surface area (Å²) < 4.78 is 24.5. The number of unbranched alkanes of at least 4 members (excludes halogenated alkanes) is 1. The smallest absolute Gasteiger partial charge is 0.261 e. The fourth-order valence-corrected chi connectivity index (χ4v) is 10.6. The van der Waals surface area contributed by atoms with Crippen molar-refractivity contribution in [2.75, 3.05) is 54.3 Å². The van der Waals surface area contributed by atoms with Gasteiger partial charge in [-0.05, 0) is 117 Å². The molecule has 4 aliphatic heterocycles. The molecule has 430 valence electrons. The molecular weight excluding hydrogens is 1040 g/mol. The Hall–Kier alpha value is -8.94. The number of benzene rings is 5. The highest BCUT2D eigenvalue weighted by molar-refractivity contribution is 6.15. The Labute approximate surface area is 477 Å². The molecule has 0 spiro atoms. The second kappa shape index (κ2) is 24.8. The molecule has 20 nitrogen and oxygen atoms in total. The molecule has 20 heteroatoms. The van der Waals surface area contributed by atoms with Gasteiger partial charge in [-0.2, -0.15) is 5.10 Å². The van der Waals surface area contributed by atoms with E-state index in [0.29, 0.717) is 94.7 Å². The van der Waals surface area contributed by atoms with E-state index in [1.807, 2.05) is 73.3 Å². The minimum atomic E-state index is -1.02. The minimum absolute atomic E-state index is 0.00887. The van der Waals surface area contributed by atoms with Crippen molar-refractivity contribution < 1.29 is 47.7 Å². The van der Waals surface area contributed by atoms with Crippen LogP contribution in [0.5, 0.6) is 23.0 Å². The molecule has 82 heavy (non-hydrogen) atoms. The largest absolute Gasteiger partial charge is 0.493 e. The molecule has 4 aliphatic rings. The summed E-state index contributed by atoms with van der Waals surface area (Å²) in [5.41, 5.74) is 9.91. The van der Waals surface area contributed by atoms with Crippen LogP contribution in [0.25, 0.3) is 0 Å². The Kier molecular flexibility index (Phi) is 17.5. The zero-order chi connectivity index (χ0) is 58.3. The van der Waals surface area contributed by atoms with Gasteiger partial charge in [0.1, 0.15) is 19.3 Å². The monoisotopic (exact) mass is 1120 g/mol. The number of nitrogens with zero attached hydrogens (tertiary/aromatic N) is 4. The lowest BCUT2D eigenvalue weighted by atomic mass is 9.72. The molecule has 0 bridgehead atoms. The lowest BCUT2D eigenvalue weighted by Crippen LogP contribution is -2.50. The summed E-state index contributed by atoms with van der Waals surface area (Å²) in [6, 6.07) is 26.5. The van der Waals surface area contributed by atoms with Crippen molar-refractivity contribution in [3.05, 3.63) is 124 Å². The zero-order valence-electron chi connectivity index (χ0n) is 47.5. The van der Waals surface area contributed by atoms with E-state index < -0.39 is 17.9 Å². The Morgan fingerprint density at radius 3 is 2.00 bits per heavy atom. The van der Waals surface area contributed by atoms with Gasteiger partial charge in [0.2, 0.25) is 23.6 Å². The number of fused-ring (bicyclic) bond motifs is 8. The second-order valence-corrected chi connectivity index (χ2v) is 22.2. The third-order valence-corrected chi connectivity index (χ3v) is 16.0. The van der Waals surface area contributed by atoms with Gasteiger partial charge in [-0.3, -0.25) is 38.7 Å². The van der Waals surface area contributed by atoms with Gasteiger partial charge < -0.3 is 55.9 Å². The maximum atomic E-state index is 14.1. The van der Waals surface area contributed by atoms with E-state index in [2.05, 4.69) is 57.7 Å². The molecule has 5 aromatic rings. The van der Waals surface area contributed by atoms with Gasteiger partial charge in [0.25, 0.3) is 11.8 Å². The van der Waals surface area contributed by atoms with Gasteiger partial charge in [-0.25, -0.2) is 0 Å². The first kappa shape index (κ1) is 57.7. The van der Waals surface area contributed by atoms with Crippen LogP contribution in [-0.4, -0.2) is 106 Å². The van der Waals surface area contributed by atoms with Crippen molar-refractivity contribution in [3.63, 3.8) is 0 Å². The van der Waals surface area contributed by atoms with Crippen LogP contribution in [-0.2, 0) is 45.2 Å². The molecule has 0 saturated carbocycles. The fraction of sp³-hybridized carbons (Fsp3) is 0.387. The number of amides is 6. The molecule has 4 heterocycles. The summed E-state index contributed by atoms with van der Waals surface area (Å²) >= 11 is 0. The summed E-state index contributed by atoms with van der Waals surface area (Å²) in [7, 11) is 3.01. The van der Waals surface area contributed by atoms with Crippen LogP contribution in [0.2, 0.25) is 0 Å². The Balaban J connectivity index is 0.847. The number of para-hydroxylation sites is 2. The van der Waals surface area contributed by atoms with E-state index in [0.717, 1.165) is 35.3 Å². The average molecular weight is 1120 g/mol. The third kappa shape index (κ3) is 12.8. The minimum Gasteiger partial charge on any atom is -0.493 e. The van der Waals surface area contributed by atoms with Gasteiger partial charge in [0.05, 0.1) is 60.9 Å². The number of carbonyl (C=O) groups excluding carboxylic acids is 6. The number of hydrazone groups is 1. The van der Waals surface area contributed by atoms with Crippen LogP contribution in [0.4, 0.5) is 28.4 Å². The van der Waals surface area contributed by atoms with Gasteiger partial charge in [0, 0.05) is 74.5 Å². The van der Waals surface area contributed by atoms with Gasteiger partial charge in [0.15, 0.2) is 23.0 Å². The molecule has 6 N–H and O–H groups in total. The lowest BCUT2D eigenvalue weighted by molar-refractivity contribution is -0.128. The zero-order valence-corrected chi connectivity index (χ0v) is 47.5. The van der Waals surface area contributed by atoms with Crippen LogP contribution in [0.15, 0.2) is 101 Å². The van der Waals surface area contributed by atoms with Crippen LogP contribution in [0.3, 0.4) is 0 Å². The molecule has 3 atom stereocenters. The predicted octanol–water partition coefficient (Wildman–Crippen LogP) is 7.78. The van der Waals surface area contributed by atoms with Crippen molar-refractivity contribution in [1.29, 1.82) is 0 Å². The number of anilines is 4. The van der Waals surface area contributed by atoms with E-state index in [1.165, 1.54) is 21.1 Å². The van der Waals surface area contributed by atoms with Crippen LogP contribution in [0.1, 0.15) is 110 Å². The van der Waals surface area contributed by atoms with E-state index in [4.69, 9.17) is 23.9 Å². The number of nitrogens with one attached hydrogen (secondary N) is 6. The molecule has 0 saturated heterocycles. The van der Waals surface area contributed by atoms with Gasteiger partial charge in [-0.15, -0.1) is 0 Å². The highest BCUT2D eigenvalue weighted by atomic mass is 16.5. The third-order valence-electron chi connectivity index (χ3n) is 16.0. The van der Waals surface area contributed by atoms with E-state index in [-0.39, 0.29) is 79.3 Å². The molecule has 0 fully saturated rings. The van der Waals surface area contributed by atoms with Crippen molar-refractivity contribution in [3.8, 4) is 23.0 Å². The maximum absolute atomic E-state index is 14.1. The molecule has 5 aromatic carbocycles. The number of methoxy groups -OCH3 is 2. The summed E-state index contributed by atoms with van der Waals surface area (Å²) in [5, 5.41) is 18.4. The second-order valence-electron chi connectivity index (χ2n) is 22.2. The number of rotatable bonds is 24. The first-order valence-corrected chi connectivity index (χ1v) is 27.7. The molecule has 6 amide bonds. The SMILES string of the molecule is C=NNC(C)(C)C(C)(C)CCNC(=O)CCCCC(=O)NCC(=O)NC(C)C(=O)Nc1cc(COc2cc3c(cc2OC)C(=O)N2c4ccccc4C[C@H]2C=N3)cc(COc2cc3c(cc2OC)C(=O)N2c4ccccc4CC2CN3)c1. The van der Waals surface area contributed by atoms with Crippen molar-refractivity contribution >= 4 is 76.8 Å². The van der Waals surface area contributed by atoms with E-state index in [9.17, 15) is 28.8 Å². The highest BCUT2D eigenvalue weighted by Gasteiger charge is 2.40. The molecular formula is C62H72N10O10. The standard InChI is InChI=1S/C62H72N10O10/c1-37(68-57(75)34-67-56(74)20-14-13-19-55(73)64-22-21-61(2,3)62(4,5)70-63-6)58(76)69-42-24-38(35-81-53-30-47-45(28-51(53)79-7)59(77)71-43(32-65-47)26-40-15-9-11-17-49(40)71)23-39(25-42)36-82-54-31-48-46(29-52(54)80-8)60(78)72-44(33-66-48)27-41-16-10-12-18-50(41)72/h9-12,15-18,23-25,28-32,37,43-44,66,70H,6,13-14,19-22,26-27,33-36H2,1-5,7-8H3,(H,64,73)(H,67,74)(H,68,75)(H,69,76)/t37?,43-,44?/m0/s1. The number of aliphatic imine (C=N–C) groups is 1. The molecule has 2 unspecified atom stereocenters. The van der Waals surface area contributed by atoms with Crippen molar-refractivity contribution in [2.24, 2.45) is 15.5 Å². The van der Waals surface area contributed by atoms with Crippen molar-refractivity contribution in [2.45, 2.75) is 116 Å². The Morgan fingerprint density at radius 1 is 0.744 bits per heavy atom. The molecule has 9 rings (SSSR count). The Bertz CT molecular complexity index is 3320. The number of ether oxygens (including phenoxy) is 4. The molecule has 0 radical (unpaired) electrons. The maximum Gasteiger partial charge on any atom is 0.261 e. The lowest BCUT2D eigenvalue weighted by Gasteiger charge is -2.41. The quantitative estimate of drug-likeness (QED) is 0.0197. The Morgan fingerprint density at radius 2 is 1.34 bits per heavy atom. The number of hydrogen-bond donors (Lipinski definition) is 6. The van der Waals surface area contributed by atoms with Gasteiger partial charge >= 0.3 is 0 Å². The summed E-state index contributed by atoms with van der Waals surface area (Å²) in [4.78, 5) is 88.6.